The van der Waals surface area contributed by atoms with Gasteiger partial charge in [-0.15, -0.1) is 12.4 Å². The molecule has 14 heavy (non-hydrogen) atoms. The molecule has 0 bridgehead atoms. The van der Waals surface area contributed by atoms with Gasteiger partial charge in [0, 0.05) is 20.2 Å². The van der Waals surface area contributed by atoms with Crippen molar-refractivity contribution < 1.29 is 9.53 Å². The smallest absolute Gasteiger partial charge is 0.226 e. The molecule has 1 saturated heterocycles. The van der Waals surface area contributed by atoms with E-state index in [0.717, 1.165) is 13.1 Å². The second-order valence-corrected chi connectivity index (χ2v) is 4.16. The minimum Gasteiger partial charge on any atom is -0.382 e. The summed E-state index contributed by atoms with van der Waals surface area (Å²) in [4.78, 5) is 11.5. The molecule has 0 unspecified atom stereocenters. The fraction of sp³-hybridized carbons (Fsp3) is 0.889. The molecule has 0 atom stereocenters. The van der Waals surface area contributed by atoms with E-state index in [1.54, 1.807) is 7.11 Å². The SMILES string of the molecule is COCC(C)(C)NC(=O)C1CNC1.Cl. The first kappa shape index (κ1) is 13.7. The third kappa shape index (κ3) is 3.82. The van der Waals surface area contributed by atoms with Crippen molar-refractivity contribution in [2.24, 2.45) is 5.92 Å². The maximum atomic E-state index is 11.5. The Labute approximate surface area is 91.2 Å². The predicted molar refractivity (Wildman–Crippen MR) is 57.7 cm³/mol. The Hall–Kier alpha value is -0.320. The largest absolute Gasteiger partial charge is 0.382 e. The molecule has 0 aromatic carbocycles. The van der Waals surface area contributed by atoms with Crippen LogP contribution in [0.2, 0.25) is 0 Å². The molecule has 1 aliphatic heterocycles. The van der Waals surface area contributed by atoms with Gasteiger partial charge in [0.2, 0.25) is 5.91 Å². The van der Waals surface area contributed by atoms with Gasteiger partial charge in [-0.05, 0) is 13.8 Å². The van der Waals surface area contributed by atoms with E-state index in [1.165, 1.54) is 0 Å². The first-order valence-corrected chi connectivity index (χ1v) is 4.57. The van der Waals surface area contributed by atoms with E-state index in [4.69, 9.17) is 4.74 Å². The molecule has 0 aliphatic carbocycles. The summed E-state index contributed by atoms with van der Waals surface area (Å²) in [5, 5.41) is 6.02. The lowest BCUT2D eigenvalue weighted by atomic mass is 9.99. The van der Waals surface area contributed by atoms with Crippen LogP contribution in [-0.2, 0) is 9.53 Å². The van der Waals surface area contributed by atoms with Gasteiger partial charge in [-0.3, -0.25) is 4.79 Å². The molecule has 5 heteroatoms. The van der Waals surface area contributed by atoms with Gasteiger partial charge in [0.25, 0.3) is 0 Å². The maximum absolute atomic E-state index is 11.5. The summed E-state index contributed by atoms with van der Waals surface area (Å²) in [6.45, 7) is 6.06. The van der Waals surface area contributed by atoms with Crippen molar-refractivity contribution in [3.63, 3.8) is 0 Å². The first-order chi connectivity index (χ1) is 6.05. The van der Waals surface area contributed by atoms with Gasteiger partial charge in [-0.1, -0.05) is 0 Å². The quantitative estimate of drug-likeness (QED) is 0.713. The highest BCUT2D eigenvalue weighted by Gasteiger charge is 2.29. The molecule has 2 N–H and O–H groups in total. The first-order valence-electron chi connectivity index (χ1n) is 4.57. The van der Waals surface area contributed by atoms with Crippen LogP contribution in [0.1, 0.15) is 13.8 Å². The lowest BCUT2D eigenvalue weighted by molar-refractivity contribution is -0.128. The Kier molecular flexibility index (Phi) is 5.41. The zero-order valence-electron chi connectivity index (χ0n) is 8.92. The van der Waals surface area contributed by atoms with E-state index in [1.807, 2.05) is 13.8 Å². The molecule has 1 aliphatic rings. The summed E-state index contributed by atoms with van der Waals surface area (Å²) in [5.41, 5.74) is -0.262. The number of rotatable bonds is 4. The summed E-state index contributed by atoms with van der Waals surface area (Å²) >= 11 is 0. The second-order valence-electron chi connectivity index (χ2n) is 4.16. The van der Waals surface area contributed by atoms with Crippen LogP contribution < -0.4 is 10.6 Å². The average molecular weight is 223 g/mol. The molecule has 4 nitrogen and oxygen atoms in total. The van der Waals surface area contributed by atoms with Crippen LogP contribution in [0.15, 0.2) is 0 Å². The molecule has 84 valence electrons. The number of amides is 1. The van der Waals surface area contributed by atoms with E-state index in [9.17, 15) is 4.79 Å². The van der Waals surface area contributed by atoms with Gasteiger partial charge >= 0.3 is 0 Å². The number of methoxy groups -OCH3 is 1. The average Bonchev–Trinajstić information content (AvgIpc) is 1.79. The van der Waals surface area contributed by atoms with Crippen LogP contribution >= 0.6 is 12.4 Å². The van der Waals surface area contributed by atoms with Crippen LogP contribution in [0, 0.1) is 5.92 Å². The normalized spacial score (nSPS) is 16.8. The maximum Gasteiger partial charge on any atom is 0.226 e. The third-order valence-corrected chi connectivity index (χ3v) is 2.12. The molecule has 0 radical (unpaired) electrons. The summed E-state index contributed by atoms with van der Waals surface area (Å²) in [7, 11) is 1.64. The molecular formula is C9H19ClN2O2. The number of carbonyl (C=O) groups excluding carboxylic acids is 1. The van der Waals surface area contributed by atoms with E-state index < -0.39 is 0 Å². The number of carbonyl (C=O) groups is 1. The van der Waals surface area contributed by atoms with E-state index >= 15 is 0 Å². The lowest BCUT2D eigenvalue weighted by Gasteiger charge is -2.31. The summed E-state index contributed by atoms with van der Waals surface area (Å²) in [5.74, 6) is 0.275. The fourth-order valence-electron chi connectivity index (χ4n) is 1.31. The van der Waals surface area contributed by atoms with Crippen molar-refractivity contribution in [2.45, 2.75) is 19.4 Å². The van der Waals surface area contributed by atoms with E-state index in [2.05, 4.69) is 10.6 Å². The highest BCUT2D eigenvalue weighted by Crippen LogP contribution is 2.07. The Balaban J connectivity index is 0.00000169. The zero-order chi connectivity index (χ0) is 9.90. The van der Waals surface area contributed by atoms with Crippen molar-refractivity contribution >= 4 is 18.3 Å². The van der Waals surface area contributed by atoms with Crippen molar-refractivity contribution in [1.29, 1.82) is 0 Å². The molecule has 1 amide bonds. The summed E-state index contributed by atoms with van der Waals surface area (Å²) in [6.07, 6.45) is 0. The molecular weight excluding hydrogens is 204 g/mol. The van der Waals surface area contributed by atoms with Gasteiger partial charge in [0.05, 0.1) is 18.1 Å². The van der Waals surface area contributed by atoms with Crippen molar-refractivity contribution in [3.05, 3.63) is 0 Å². The molecule has 0 aromatic heterocycles. The van der Waals surface area contributed by atoms with Crippen LogP contribution in [0.25, 0.3) is 0 Å². The number of halogens is 1. The van der Waals surface area contributed by atoms with Crippen LogP contribution in [0.3, 0.4) is 0 Å². The minimum absolute atomic E-state index is 0. The van der Waals surface area contributed by atoms with Crippen LogP contribution in [0.5, 0.6) is 0 Å². The molecule has 0 aromatic rings. The minimum atomic E-state index is -0.262. The van der Waals surface area contributed by atoms with Crippen LogP contribution in [0.4, 0.5) is 0 Å². The van der Waals surface area contributed by atoms with Gasteiger partial charge in [-0.25, -0.2) is 0 Å². The third-order valence-electron chi connectivity index (χ3n) is 2.12. The summed E-state index contributed by atoms with van der Waals surface area (Å²) < 4.78 is 5.01. The number of hydrogen-bond acceptors (Lipinski definition) is 3. The van der Waals surface area contributed by atoms with Gasteiger partial charge in [-0.2, -0.15) is 0 Å². The molecule has 0 spiro atoms. The molecule has 1 fully saturated rings. The Bertz CT molecular complexity index is 193. The number of nitrogens with one attached hydrogen (secondary N) is 2. The van der Waals surface area contributed by atoms with Crippen molar-refractivity contribution in [3.8, 4) is 0 Å². The van der Waals surface area contributed by atoms with E-state index in [-0.39, 0.29) is 29.8 Å². The standard InChI is InChI=1S/C9H18N2O2.ClH/c1-9(2,6-13-3)11-8(12)7-4-10-5-7;/h7,10H,4-6H2,1-3H3,(H,11,12);1H. The fourth-order valence-corrected chi connectivity index (χ4v) is 1.31. The second kappa shape index (κ2) is 5.53. The van der Waals surface area contributed by atoms with Gasteiger partial charge in [0.1, 0.15) is 0 Å². The van der Waals surface area contributed by atoms with Crippen LogP contribution in [-0.4, -0.2) is 38.3 Å². The number of hydrogen-bond donors (Lipinski definition) is 2. The lowest BCUT2D eigenvalue weighted by Crippen LogP contribution is -2.56. The monoisotopic (exact) mass is 222 g/mol. The highest BCUT2D eigenvalue weighted by molar-refractivity contribution is 5.85. The van der Waals surface area contributed by atoms with Gasteiger partial charge < -0.3 is 15.4 Å². The highest BCUT2D eigenvalue weighted by atomic mass is 35.5. The van der Waals surface area contributed by atoms with Crippen molar-refractivity contribution in [2.75, 3.05) is 26.8 Å². The topological polar surface area (TPSA) is 50.4 Å². The Morgan fingerprint density at radius 3 is 2.50 bits per heavy atom. The number of ether oxygens (including phenoxy) is 1. The van der Waals surface area contributed by atoms with Crippen molar-refractivity contribution in [1.82, 2.24) is 10.6 Å². The molecule has 1 heterocycles. The van der Waals surface area contributed by atoms with Gasteiger partial charge in [0.15, 0.2) is 0 Å². The Morgan fingerprint density at radius 1 is 1.57 bits per heavy atom. The van der Waals surface area contributed by atoms with E-state index in [0.29, 0.717) is 6.61 Å². The Morgan fingerprint density at radius 2 is 2.14 bits per heavy atom. The molecule has 1 rings (SSSR count). The molecule has 0 saturated carbocycles. The zero-order valence-corrected chi connectivity index (χ0v) is 9.74. The predicted octanol–water partition coefficient (Wildman–Crippen LogP) is 0.169. The summed E-state index contributed by atoms with van der Waals surface area (Å²) in [6, 6.07) is 0.